The van der Waals surface area contributed by atoms with E-state index in [9.17, 15) is 4.79 Å². The van der Waals surface area contributed by atoms with Crippen molar-refractivity contribution in [2.45, 2.75) is 39.7 Å². The van der Waals surface area contributed by atoms with Gasteiger partial charge in [-0.2, -0.15) is 5.10 Å². The molecule has 4 rings (SSSR count). The molecule has 0 aliphatic heterocycles. The first-order valence-corrected chi connectivity index (χ1v) is 10.2. The number of para-hydroxylation sites is 2. The fourth-order valence-corrected chi connectivity index (χ4v) is 4.17. The van der Waals surface area contributed by atoms with Crippen LogP contribution in [-0.4, -0.2) is 34.2 Å². The number of carbonyl (C=O) groups excluding carboxylic acids is 1. The molecule has 0 fully saturated rings. The van der Waals surface area contributed by atoms with Crippen molar-refractivity contribution >= 4 is 11.6 Å². The Morgan fingerprint density at radius 1 is 1.07 bits per heavy atom. The Labute approximate surface area is 172 Å². The second-order valence-corrected chi connectivity index (χ2v) is 7.96. The highest BCUT2D eigenvalue weighted by atomic mass is 16.2. The van der Waals surface area contributed by atoms with E-state index < -0.39 is 0 Å². The van der Waals surface area contributed by atoms with Gasteiger partial charge in [0.1, 0.15) is 0 Å². The van der Waals surface area contributed by atoms with E-state index in [-0.39, 0.29) is 5.91 Å². The number of benzene rings is 2. The van der Waals surface area contributed by atoms with Gasteiger partial charge in [0.15, 0.2) is 0 Å². The van der Waals surface area contributed by atoms with E-state index >= 15 is 0 Å². The molecular weight excluding hydrogens is 360 g/mol. The normalized spacial score (nSPS) is 13.0. The molecule has 0 saturated carbocycles. The average Bonchev–Trinajstić information content (AvgIpc) is 3.29. The summed E-state index contributed by atoms with van der Waals surface area (Å²) in [5.41, 5.74) is 7.95. The van der Waals surface area contributed by atoms with Gasteiger partial charge in [-0.1, -0.05) is 36.4 Å². The van der Waals surface area contributed by atoms with E-state index in [1.807, 2.05) is 62.2 Å². The molecule has 1 N–H and O–H groups in total. The minimum absolute atomic E-state index is 0.00374. The zero-order chi connectivity index (χ0) is 20.4. The zero-order valence-corrected chi connectivity index (χ0v) is 17.4. The van der Waals surface area contributed by atoms with Crippen LogP contribution in [0.25, 0.3) is 5.69 Å². The van der Waals surface area contributed by atoms with Gasteiger partial charge >= 0.3 is 0 Å². The number of aryl methyl sites for hydroxylation is 2. The Balaban J connectivity index is 1.46. The van der Waals surface area contributed by atoms with Gasteiger partial charge in [0, 0.05) is 17.9 Å². The van der Waals surface area contributed by atoms with Crippen molar-refractivity contribution in [3.63, 3.8) is 0 Å². The molecule has 5 heteroatoms. The maximum absolute atomic E-state index is 12.6. The van der Waals surface area contributed by atoms with Crippen LogP contribution in [-0.2, 0) is 24.2 Å². The number of aromatic nitrogens is 2. The quantitative estimate of drug-likeness (QED) is 0.693. The maximum atomic E-state index is 12.6. The highest BCUT2D eigenvalue weighted by molar-refractivity contribution is 5.93. The first-order chi connectivity index (χ1) is 14.0. The van der Waals surface area contributed by atoms with Crippen LogP contribution in [0.15, 0.2) is 48.5 Å². The van der Waals surface area contributed by atoms with E-state index in [1.165, 1.54) is 17.7 Å². The molecule has 0 unspecified atom stereocenters. The largest absolute Gasteiger partial charge is 0.324 e. The average molecular weight is 389 g/mol. The number of nitrogens with zero attached hydrogens (tertiary/aromatic N) is 3. The van der Waals surface area contributed by atoms with Crippen molar-refractivity contribution < 1.29 is 4.79 Å². The predicted molar refractivity (Wildman–Crippen MR) is 116 cm³/mol. The third-order valence-electron chi connectivity index (χ3n) is 5.59. The lowest BCUT2D eigenvalue weighted by Gasteiger charge is -2.17. The van der Waals surface area contributed by atoms with Gasteiger partial charge in [-0.15, -0.1) is 0 Å². The van der Waals surface area contributed by atoms with E-state index in [0.29, 0.717) is 13.1 Å². The number of hydrogen-bond acceptors (Lipinski definition) is 3. The van der Waals surface area contributed by atoms with Crippen molar-refractivity contribution in [2.75, 3.05) is 18.9 Å². The van der Waals surface area contributed by atoms with E-state index in [0.717, 1.165) is 41.0 Å². The highest BCUT2D eigenvalue weighted by Crippen LogP contribution is 2.28. The molecule has 1 amide bonds. The van der Waals surface area contributed by atoms with Crippen LogP contribution < -0.4 is 5.32 Å². The van der Waals surface area contributed by atoms with Crippen LogP contribution in [0.1, 0.15) is 34.5 Å². The first-order valence-electron chi connectivity index (χ1n) is 10.2. The van der Waals surface area contributed by atoms with Crippen molar-refractivity contribution in [1.82, 2.24) is 14.7 Å². The van der Waals surface area contributed by atoms with Gasteiger partial charge in [0.25, 0.3) is 0 Å². The van der Waals surface area contributed by atoms with Crippen molar-refractivity contribution in [2.24, 2.45) is 0 Å². The Morgan fingerprint density at radius 2 is 1.79 bits per heavy atom. The molecule has 1 aromatic heterocycles. The third-order valence-corrected chi connectivity index (χ3v) is 5.59. The van der Waals surface area contributed by atoms with Gasteiger partial charge in [-0.3, -0.25) is 9.69 Å². The second-order valence-electron chi connectivity index (χ2n) is 7.96. The number of nitrogens with one attached hydrogen (secondary N) is 1. The Morgan fingerprint density at radius 3 is 2.52 bits per heavy atom. The summed E-state index contributed by atoms with van der Waals surface area (Å²) in [4.78, 5) is 14.6. The van der Waals surface area contributed by atoms with Gasteiger partial charge < -0.3 is 5.32 Å². The fraction of sp³-hybridized carbons (Fsp3) is 0.333. The number of fused-ring (bicyclic) bond motifs is 1. The summed E-state index contributed by atoms with van der Waals surface area (Å²) in [6.07, 6.45) is 3.30. The number of carbonyl (C=O) groups is 1. The smallest absolute Gasteiger partial charge is 0.238 e. The second kappa shape index (κ2) is 8.21. The van der Waals surface area contributed by atoms with E-state index in [1.54, 1.807) is 0 Å². The molecule has 1 aliphatic carbocycles. The molecule has 0 saturated heterocycles. The third kappa shape index (κ3) is 4.10. The van der Waals surface area contributed by atoms with Gasteiger partial charge in [0.2, 0.25) is 5.91 Å². The van der Waals surface area contributed by atoms with Crippen LogP contribution in [0.5, 0.6) is 0 Å². The summed E-state index contributed by atoms with van der Waals surface area (Å²) < 4.78 is 2.09. The van der Waals surface area contributed by atoms with Gasteiger partial charge in [-0.25, -0.2) is 4.68 Å². The topological polar surface area (TPSA) is 50.2 Å². The van der Waals surface area contributed by atoms with Crippen LogP contribution in [0, 0.1) is 13.8 Å². The zero-order valence-electron chi connectivity index (χ0n) is 17.4. The molecule has 3 aromatic rings. The van der Waals surface area contributed by atoms with Gasteiger partial charge in [-0.05, 0) is 69.0 Å². The summed E-state index contributed by atoms with van der Waals surface area (Å²) in [5, 5.41) is 7.98. The number of likely N-dealkylation sites (N-methyl/N-ethyl adjacent to an activating group) is 1. The molecule has 1 heterocycles. The standard InChI is InChI=1S/C24H28N4O/c1-17-9-7-10-18(2)24(17)25-23(29)16-27(3)15-21-20-13-8-14-22(20)28(26-21)19-11-5-4-6-12-19/h4-7,9-12H,8,13-16H2,1-3H3,(H,25,29). The summed E-state index contributed by atoms with van der Waals surface area (Å²) in [7, 11) is 1.98. The summed E-state index contributed by atoms with van der Waals surface area (Å²) in [6.45, 7) is 5.04. The van der Waals surface area contributed by atoms with E-state index in [4.69, 9.17) is 5.10 Å². The van der Waals surface area contributed by atoms with Crippen LogP contribution >= 0.6 is 0 Å². The number of hydrogen-bond donors (Lipinski definition) is 1. The van der Waals surface area contributed by atoms with Crippen molar-refractivity contribution in [1.29, 1.82) is 0 Å². The van der Waals surface area contributed by atoms with Gasteiger partial charge in [0.05, 0.1) is 17.9 Å². The maximum Gasteiger partial charge on any atom is 0.238 e. The van der Waals surface area contributed by atoms with Crippen molar-refractivity contribution in [3.8, 4) is 5.69 Å². The number of rotatable bonds is 6. The molecular formula is C24H28N4O. The molecule has 0 spiro atoms. The lowest BCUT2D eigenvalue weighted by atomic mass is 10.1. The summed E-state index contributed by atoms with van der Waals surface area (Å²) in [5.74, 6) is 0.00374. The summed E-state index contributed by atoms with van der Waals surface area (Å²) >= 11 is 0. The minimum atomic E-state index is 0.00374. The number of anilines is 1. The Hall–Kier alpha value is -2.92. The predicted octanol–water partition coefficient (Wildman–Crippen LogP) is 4.05. The Bertz CT molecular complexity index is 1000. The molecule has 2 aromatic carbocycles. The molecule has 0 radical (unpaired) electrons. The fourth-order valence-electron chi connectivity index (χ4n) is 4.17. The SMILES string of the molecule is Cc1cccc(C)c1NC(=O)CN(C)Cc1nn(-c2ccccc2)c2c1CCC2. The number of amides is 1. The molecule has 5 nitrogen and oxygen atoms in total. The molecule has 1 aliphatic rings. The summed E-state index contributed by atoms with van der Waals surface area (Å²) in [6, 6.07) is 16.3. The highest BCUT2D eigenvalue weighted by Gasteiger charge is 2.24. The molecule has 0 atom stereocenters. The van der Waals surface area contributed by atoms with Crippen LogP contribution in [0.2, 0.25) is 0 Å². The lowest BCUT2D eigenvalue weighted by molar-refractivity contribution is -0.117. The first kappa shape index (κ1) is 19.4. The molecule has 29 heavy (non-hydrogen) atoms. The van der Waals surface area contributed by atoms with Crippen LogP contribution in [0.3, 0.4) is 0 Å². The van der Waals surface area contributed by atoms with Crippen LogP contribution in [0.4, 0.5) is 5.69 Å². The lowest BCUT2D eigenvalue weighted by Crippen LogP contribution is -2.30. The minimum Gasteiger partial charge on any atom is -0.324 e. The van der Waals surface area contributed by atoms with E-state index in [2.05, 4.69) is 22.1 Å². The molecule has 150 valence electrons. The molecule has 0 bridgehead atoms. The van der Waals surface area contributed by atoms with Crippen molar-refractivity contribution in [3.05, 3.63) is 76.6 Å². The Kier molecular flexibility index (Phi) is 5.49. The monoisotopic (exact) mass is 388 g/mol.